The molecular formula is C26H17Br2NO3. The molecule has 4 nitrogen and oxygen atoms in total. The van der Waals surface area contributed by atoms with Crippen molar-refractivity contribution in [3.63, 3.8) is 0 Å². The highest BCUT2D eigenvalue weighted by Crippen LogP contribution is 2.58. The monoisotopic (exact) mass is 549 g/mol. The maximum Gasteiger partial charge on any atom is 0.310 e. The highest BCUT2D eigenvalue weighted by atomic mass is 79.9. The van der Waals surface area contributed by atoms with Gasteiger partial charge in [-0.15, -0.1) is 0 Å². The second-order valence-electron chi connectivity index (χ2n) is 7.81. The summed E-state index contributed by atoms with van der Waals surface area (Å²) in [7, 11) is 0. The van der Waals surface area contributed by atoms with E-state index in [-0.39, 0.29) is 18.3 Å². The van der Waals surface area contributed by atoms with Crippen LogP contribution in [0.4, 0.5) is 0 Å². The Morgan fingerprint density at radius 3 is 2.12 bits per heavy atom. The first-order chi connectivity index (χ1) is 15.5. The fraction of sp³-hybridized carbons (Fsp3) is 0.154. The van der Waals surface area contributed by atoms with Gasteiger partial charge >= 0.3 is 5.97 Å². The van der Waals surface area contributed by atoms with Crippen LogP contribution in [0.15, 0.2) is 93.4 Å². The number of nitriles is 1. The summed E-state index contributed by atoms with van der Waals surface area (Å²) in [5.41, 5.74) is 2.92. The SMILES string of the molecule is N#CC1=C(c2ccc(Br)cc2)O[C@@]2(c3ccc(Br)cc3)OC(=O)C[C@H](c3ccccc3)[C@@H]12. The van der Waals surface area contributed by atoms with E-state index in [1.165, 1.54) is 0 Å². The third-order valence-electron chi connectivity index (χ3n) is 5.97. The number of benzene rings is 3. The van der Waals surface area contributed by atoms with Crippen LogP contribution in [-0.2, 0) is 20.1 Å². The molecule has 0 amide bonds. The van der Waals surface area contributed by atoms with E-state index in [1.807, 2.05) is 78.9 Å². The van der Waals surface area contributed by atoms with Gasteiger partial charge in [0, 0.05) is 26.0 Å². The molecule has 0 aromatic heterocycles. The van der Waals surface area contributed by atoms with Gasteiger partial charge in [-0.05, 0) is 29.8 Å². The lowest BCUT2D eigenvalue weighted by atomic mass is 9.72. The molecule has 0 aliphatic carbocycles. The van der Waals surface area contributed by atoms with Gasteiger partial charge in [-0.25, -0.2) is 0 Å². The van der Waals surface area contributed by atoms with Gasteiger partial charge in [-0.2, -0.15) is 5.26 Å². The Morgan fingerprint density at radius 1 is 0.875 bits per heavy atom. The zero-order valence-corrected chi connectivity index (χ0v) is 20.0. The molecule has 0 N–H and O–H groups in total. The summed E-state index contributed by atoms with van der Waals surface area (Å²) in [6.07, 6.45) is 0.176. The van der Waals surface area contributed by atoms with Crippen LogP contribution in [0.5, 0.6) is 0 Å². The Bertz CT molecular complexity index is 1250. The quantitative estimate of drug-likeness (QED) is 0.341. The number of carbonyl (C=O) groups is 1. The summed E-state index contributed by atoms with van der Waals surface area (Å²) in [5, 5.41) is 10.3. The van der Waals surface area contributed by atoms with Crippen LogP contribution in [0.1, 0.15) is 29.0 Å². The minimum absolute atomic E-state index is 0.176. The van der Waals surface area contributed by atoms with E-state index in [2.05, 4.69) is 37.9 Å². The number of halogens is 2. The molecule has 3 atom stereocenters. The molecule has 6 heteroatoms. The molecule has 5 rings (SSSR count). The number of carbonyl (C=O) groups excluding carboxylic acids is 1. The van der Waals surface area contributed by atoms with Crippen LogP contribution < -0.4 is 0 Å². The molecule has 158 valence electrons. The van der Waals surface area contributed by atoms with Crippen molar-refractivity contribution < 1.29 is 14.3 Å². The molecule has 0 bridgehead atoms. The first-order valence-electron chi connectivity index (χ1n) is 10.1. The van der Waals surface area contributed by atoms with Gasteiger partial charge in [0.1, 0.15) is 5.76 Å². The van der Waals surface area contributed by atoms with Gasteiger partial charge in [0.25, 0.3) is 5.79 Å². The first kappa shape index (κ1) is 21.0. The molecular weight excluding hydrogens is 534 g/mol. The molecule has 0 spiro atoms. The Balaban J connectivity index is 1.74. The third-order valence-corrected chi connectivity index (χ3v) is 7.03. The van der Waals surface area contributed by atoms with Crippen molar-refractivity contribution in [1.29, 1.82) is 5.26 Å². The minimum Gasteiger partial charge on any atom is -0.446 e. The number of hydrogen-bond acceptors (Lipinski definition) is 4. The number of esters is 1. The van der Waals surface area contributed by atoms with Crippen LogP contribution in [0.3, 0.4) is 0 Å². The van der Waals surface area contributed by atoms with E-state index in [4.69, 9.17) is 9.47 Å². The minimum atomic E-state index is -1.41. The van der Waals surface area contributed by atoms with Gasteiger partial charge in [-0.1, -0.05) is 86.5 Å². The van der Waals surface area contributed by atoms with Crippen molar-refractivity contribution in [3.05, 3.63) is 110 Å². The lowest BCUT2D eigenvalue weighted by Gasteiger charge is -2.42. The van der Waals surface area contributed by atoms with Crippen molar-refractivity contribution in [2.45, 2.75) is 18.1 Å². The molecule has 1 fully saturated rings. The summed E-state index contributed by atoms with van der Waals surface area (Å²) < 4.78 is 14.3. The predicted molar refractivity (Wildman–Crippen MR) is 127 cm³/mol. The highest BCUT2D eigenvalue weighted by molar-refractivity contribution is 9.10. The summed E-state index contributed by atoms with van der Waals surface area (Å²) in [4.78, 5) is 12.9. The van der Waals surface area contributed by atoms with E-state index >= 15 is 0 Å². The van der Waals surface area contributed by atoms with E-state index in [9.17, 15) is 10.1 Å². The largest absolute Gasteiger partial charge is 0.446 e. The standard InChI is InChI=1S/C26H17Br2NO3/c27-19-10-6-17(7-11-19)25-22(15-29)24-21(16-4-2-1-3-5-16)14-23(30)31-26(24,32-25)18-8-12-20(28)13-9-18/h1-13,21,24H,14H2/t21-,24+,26-/m1/s1. The molecule has 3 aromatic carbocycles. The predicted octanol–water partition coefficient (Wildman–Crippen LogP) is 6.68. The zero-order valence-electron chi connectivity index (χ0n) is 16.8. The average molecular weight is 551 g/mol. The van der Waals surface area contributed by atoms with Crippen molar-refractivity contribution in [2.75, 3.05) is 0 Å². The summed E-state index contributed by atoms with van der Waals surface area (Å²) in [6.45, 7) is 0. The molecule has 0 unspecified atom stereocenters. The van der Waals surface area contributed by atoms with Crippen molar-refractivity contribution in [2.24, 2.45) is 5.92 Å². The topological polar surface area (TPSA) is 59.3 Å². The molecule has 2 aliphatic rings. The van der Waals surface area contributed by atoms with Crippen LogP contribution in [0.25, 0.3) is 5.76 Å². The molecule has 32 heavy (non-hydrogen) atoms. The van der Waals surface area contributed by atoms with Crippen LogP contribution in [0.2, 0.25) is 0 Å². The Morgan fingerprint density at radius 2 is 1.50 bits per heavy atom. The fourth-order valence-corrected chi connectivity index (χ4v) is 5.11. The van der Waals surface area contributed by atoms with E-state index in [1.54, 1.807) is 0 Å². The fourth-order valence-electron chi connectivity index (χ4n) is 4.59. The number of fused-ring (bicyclic) bond motifs is 1. The molecule has 2 heterocycles. The van der Waals surface area contributed by atoms with Gasteiger partial charge < -0.3 is 9.47 Å². The zero-order chi connectivity index (χ0) is 22.3. The number of ether oxygens (including phenoxy) is 2. The van der Waals surface area contributed by atoms with Gasteiger partial charge in [0.05, 0.1) is 24.0 Å². The van der Waals surface area contributed by atoms with E-state index in [0.717, 1.165) is 20.1 Å². The Labute approximate surface area is 202 Å². The number of nitrogens with zero attached hydrogens (tertiary/aromatic N) is 1. The lowest BCUT2D eigenvalue weighted by molar-refractivity contribution is -0.238. The Hall–Kier alpha value is -2.88. The number of rotatable bonds is 3. The van der Waals surface area contributed by atoms with Gasteiger partial charge in [-0.3, -0.25) is 4.79 Å². The highest BCUT2D eigenvalue weighted by Gasteiger charge is 2.61. The number of hydrogen-bond donors (Lipinski definition) is 0. The van der Waals surface area contributed by atoms with Crippen molar-refractivity contribution in [1.82, 2.24) is 0 Å². The maximum atomic E-state index is 12.9. The second kappa shape index (κ2) is 8.23. The Kier molecular flexibility index (Phi) is 5.40. The second-order valence-corrected chi connectivity index (χ2v) is 9.64. The van der Waals surface area contributed by atoms with E-state index < -0.39 is 11.7 Å². The average Bonchev–Trinajstić information content (AvgIpc) is 3.15. The van der Waals surface area contributed by atoms with Gasteiger partial charge in [0.2, 0.25) is 0 Å². The third kappa shape index (κ3) is 3.46. The molecule has 0 radical (unpaired) electrons. The maximum absolute atomic E-state index is 12.9. The summed E-state index contributed by atoms with van der Waals surface area (Å²) in [6, 6.07) is 27.3. The summed E-state index contributed by atoms with van der Waals surface area (Å²) >= 11 is 6.92. The van der Waals surface area contributed by atoms with Crippen LogP contribution in [0, 0.1) is 17.2 Å². The smallest absolute Gasteiger partial charge is 0.310 e. The molecule has 1 saturated heterocycles. The van der Waals surface area contributed by atoms with E-state index in [0.29, 0.717) is 16.9 Å². The molecule has 2 aliphatic heterocycles. The normalized spacial score (nSPS) is 24.3. The van der Waals surface area contributed by atoms with Crippen molar-refractivity contribution in [3.8, 4) is 6.07 Å². The molecule has 0 saturated carbocycles. The lowest BCUT2D eigenvalue weighted by Crippen LogP contribution is -2.46. The van der Waals surface area contributed by atoms with Crippen molar-refractivity contribution >= 4 is 43.6 Å². The molecule has 3 aromatic rings. The van der Waals surface area contributed by atoms with Crippen LogP contribution >= 0.6 is 31.9 Å². The summed E-state index contributed by atoms with van der Waals surface area (Å²) in [5.74, 6) is -2.06. The van der Waals surface area contributed by atoms with Gasteiger partial charge in [0.15, 0.2) is 0 Å². The first-order valence-corrected chi connectivity index (χ1v) is 11.7. The van der Waals surface area contributed by atoms with Crippen LogP contribution in [-0.4, -0.2) is 5.97 Å².